The van der Waals surface area contributed by atoms with Crippen LogP contribution in [0, 0.1) is 5.82 Å². The van der Waals surface area contributed by atoms with E-state index in [0.29, 0.717) is 5.56 Å². The quantitative estimate of drug-likeness (QED) is 0.687. The van der Waals surface area contributed by atoms with Crippen LogP contribution in [0.25, 0.3) is 0 Å². The van der Waals surface area contributed by atoms with Gasteiger partial charge < -0.3 is 15.5 Å². The SMILES string of the molecule is O=C(O)C1Cc2c(cc(F)c(Cl)c2O)N1. The first kappa shape index (κ1) is 10.0. The van der Waals surface area contributed by atoms with Crippen LogP contribution < -0.4 is 5.32 Å². The molecule has 1 aliphatic heterocycles. The topological polar surface area (TPSA) is 69.6 Å². The van der Waals surface area contributed by atoms with Gasteiger partial charge in [-0.25, -0.2) is 9.18 Å². The number of carboxylic acid groups (broad SMARTS) is 1. The van der Waals surface area contributed by atoms with Gasteiger partial charge in [0.25, 0.3) is 0 Å². The molecule has 0 saturated carbocycles. The van der Waals surface area contributed by atoms with Crippen LogP contribution in [-0.4, -0.2) is 22.2 Å². The summed E-state index contributed by atoms with van der Waals surface area (Å²) in [5, 5.41) is 20.4. The number of phenols is 1. The Kier molecular flexibility index (Phi) is 2.19. The first-order chi connectivity index (χ1) is 7.00. The summed E-state index contributed by atoms with van der Waals surface area (Å²) in [6.45, 7) is 0. The molecule has 1 aromatic carbocycles. The van der Waals surface area contributed by atoms with Crippen LogP contribution in [0.2, 0.25) is 5.02 Å². The Morgan fingerprint density at radius 3 is 2.93 bits per heavy atom. The van der Waals surface area contributed by atoms with Gasteiger partial charge in [0, 0.05) is 17.7 Å². The monoisotopic (exact) mass is 231 g/mol. The van der Waals surface area contributed by atoms with Gasteiger partial charge in [0.2, 0.25) is 0 Å². The maximum atomic E-state index is 13.1. The predicted octanol–water partition coefficient (Wildman–Crippen LogP) is 1.61. The summed E-state index contributed by atoms with van der Waals surface area (Å²) in [4.78, 5) is 10.7. The van der Waals surface area contributed by atoms with Crippen molar-refractivity contribution in [2.45, 2.75) is 12.5 Å². The van der Waals surface area contributed by atoms with Crippen LogP contribution in [0.15, 0.2) is 6.07 Å². The Bertz CT molecular complexity index is 449. The van der Waals surface area contributed by atoms with Crippen molar-refractivity contribution in [1.82, 2.24) is 0 Å². The number of benzene rings is 1. The van der Waals surface area contributed by atoms with Gasteiger partial charge in [-0.05, 0) is 6.07 Å². The number of carbonyl (C=O) groups is 1. The molecule has 1 atom stereocenters. The smallest absolute Gasteiger partial charge is 0.326 e. The van der Waals surface area contributed by atoms with E-state index in [2.05, 4.69) is 5.32 Å². The summed E-state index contributed by atoms with van der Waals surface area (Å²) in [6.07, 6.45) is 0.0937. The lowest BCUT2D eigenvalue weighted by atomic mass is 10.1. The molecule has 1 unspecified atom stereocenters. The van der Waals surface area contributed by atoms with E-state index in [-0.39, 0.29) is 22.9 Å². The van der Waals surface area contributed by atoms with Crippen molar-refractivity contribution in [3.63, 3.8) is 0 Å². The Morgan fingerprint density at radius 1 is 1.67 bits per heavy atom. The van der Waals surface area contributed by atoms with Crippen molar-refractivity contribution < 1.29 is 19.4 Å². The molecule has 0 aromatic heterocycles. The molecule has 0 aliphatic carbocycles. The van der Waals surface area contributed by atoms with E-state index in [4.69, 9.17) is 16.7 Å². The fourth-order valence-corrected chi connectivity index (χ4v) is 1.75. The number of fused-ring (bicyclic) bond motifs is 1. The summed E-state index contributed by atoms with van der Waals surface area (Å²) in [7, 11) is 0. The molecule has 15 heavy (non-hydrogen) atoms. The van der Waals surface area contributed by atoms with Crippen LogP contribution >= 0.6 is 11.6 Å². The Morgan fingerprint density at radius 2 is 2.33 bits per heavy atom. The normalized spacial score (nSPS) is 18.4. The third-order valence-electron chi connectivity index (χ3n) is 2.34. The second-order valence-electron chi connectivity index (χ2n) is 3.29. The highest BCUT2D eigenvalue weighted by Crippen LogP contribution is 2.39. The molecule has 2 rings (SSSR count). The standard InChI is InChI=1S/C9H7ClFNO3/c10-7-4(11)2-5-3(8(7)13)1-6(12-5)9(14)15/h2,6,12-13H,1H2,(H,14,15). The summed E-state index contributed by atoms with van der Waals surface area (Å²) in [5.41, 5.74) is 0.621. The molecule has 4 nitrogen and oxygen atoms in total. The van der Waals surface area contributed by atoms with Gasteiger partial charge in [0.15, 0.2) is 0 Å². The maximum absolute atomic E-state index is 13.1. The third kappa shape index (κ3) is 1.48. The zero-order chi connectivity index (χ0) is 11.2. The lowest BCUT2D eigenvalue weighted by Gasteiger charge is -2.05. The van der Waals surface area contributed by atoms with Gasteiger partial charge in [0.1, 0.15) is 22.6 Å². The molecule has 6 heteroatoms. The van der Waals surface area contributed by atoms with Crippen molar-refractivity contribution in [2.75, 3.05) is 5.32 Å². The number of rotatable bonds is 1. The minimum absolute atomic E-state index is 0.0937. The minimum Gasteiger partial charge on any atom is -0.506 e. The molecule has 80 valence electrons. The molecule has 0 spiro atoms. The molecule has 0 radical (unpaired) electrons. The predicted molar refractivity (Wildman–Crippen MR) is 51.8 cm³/mol. The largest absolute Gasteiger partial charge is 0.506 e. The van der Waals surface area contributed by atoms with Crippen LogP contribution in [0.5, 0.6) is 5.75 Å². The number of halogens is 2. The fourth-order valence-electron chi connectivity index (χ4n) is 1.58. The molecule has 1 heterocycles. The van der Waals surface area contributed by atoms with Crippen molar-refractivity contribution in [1.29, 1.82) is 0 Å². The maximum Gasteiger partial charge on any atom is 0.326 e. The lowest BCUT2D eigenvalue weighted by Crippen LogP contribution is -2.26. The second-order valence-corrected chi connectivity index (χ2v) is 3.66. The van der Waals surface area contributed by atoms with Crippen LogP contribution in [0.1, 0.15) is 5.56 Å². The summed E-state index contributed by atoms with van der Waals surface area (Å²) in [5.74, 6) is -2.21. The number of nitrogens with one attached hydrogen (secondary N) is 1. The lowest BCUT2D eigenvalue weighted by molar-refractivity contribution is -0.137. The van der Waals surface area contributed by atoms with E-state index >= 15 is 0 Å². The second kappa shape index (κ2) is 3.27. The molecule has 1 aliphatic rings. The van der Waals surface area contributed by atoms with E-state index in [9.17, 15) is 14.3 Å². The first-order valence-corrected chi connectivity index (χ1v) is 4.57. The van der Waals surface area contributed by atoms with E-state index < -0.39 is 17.8 Å². The molecule has 0 saturated heterocycles. The molecule has 0 fully saturated rings. The van der Waals surface area contributed by atoms with E-state index in [1.165, 1.54) is 0 Å². The van der Waals surface area contributed by atoms with Crippen LogP contribution in [0.4, 0.5) is 10.1 Å². The summed E-state index contributed by atoms with van der Waals surface area (Å²) >= 11 is 5.49. The molecule has 0 bridgehead atoms. The number of carboxylic acids is 1. The average Bonchev–Trinajstić information content (AvgIpc) is 2.58. The number of aromatic hydroxyl groups is 1. The van der Waals surface area contributed by atoms with E-state index in [0.717, 1.165) is 6.07 Å². The highest BCUT2D eigenvalue weighted by molar-refractivity contribution is 6.32. The highest BCUT2D eigenvalue weighted by atomic mass is 35.5. The van der Waals surface area contributed by atoms with Crippen LogP contribution in [0.3, 0.4) is 0 Å². The molecular formula is C9H7ClFNO3. The average molecular weight is 232 g/mol. The Labute approximate surface area is 89.3 Å². The number of phenolic OH excluding ortho intramolecular Hbond substituents is 1. The van der Waals surface area contributed by atoms with Gasteiger partial charge >= 0.3 is 5.97 Å². The van der Waals surface area contributed by atoms with Crippen molar-refractivity contribution in [3.8, 4) is 5.75 Å². The zero-order valence-electron chi connectivity index (χ0n) is 7.42. The molecular weight excluding hydrogens is 225 g/mol. The third-order valence-corrected chi connectivity index (χ3v) is 2.70. The van der Waals surface area contributed by atoms with Crippen molar-refractivity contribution in [3.05, 3.63) is 22.5 Å². The first-order valence-electron chi connectivity index (χ1n) is 4.20. The molecule has 3 N–H and O–H groups in total. The van der Waals surface area contributed by atoms with E-state index in [1.807, 2.05) is 0 Å². The Balaban J connectivity index is 2.47. The number of hydrogen-bond acceptors (Lipinski definition) is 3. The van der Waals surface area contributed by atoms with Gasteiger partial charge in [0.05, 0.1) is 0 Å². The van der Waals surface area contributed by atoms with Crippen molar-refractivity contribution >= 4 is 23.3 Å². The highest BCUT2D eigenvalue weighted by Gasteiger charge is 2.30. The molecule has 0 amide bonds. The minimum atomic E-state index is -1.05. The summed E-state index contributed by atoms with van der Waals surface area (Å²) in [6, 6.07) is 0.240. The molecule has 1 aromatic rings. The zero-order valence-corrected chi connectivity index (χ0v) is 8.18. The number of anilines is 1. The van der Waals surface area contributed by atoms with E-state index in [1.54, 1.807) is 0 Å². The van der Waals surface area contributed by atoms with Gasteiger partial charge in [-0.2, -0.15) is 0 Å². The fraction of sp³-hybridized carbons (Fsp3) is 0.222. The number of aliphatic carboxylic acids is 1. The van der Waals surface area contributed by atoms with Gasteiger partial charge in [-0.3, -0.25) is 0 Å². The van der Waals surface area contributed by atoms with Gasteiger partial charge in [-0.1, -0.05) is 11.6 Å². The Hall–Kier alpha value is -1.49. The van der Waals surface area contributed by atoms with Gasteiger partial charge in [-0.15, -0.1) is 0 Å². The van der Waals surface area contributed by atoms with Crippen molar-refractivity contribution in [2.24, 2.45) is 0 Å². The summed E-state index contributed by atoms with van der Waals surface area (Å²) < 4.78 is 13.1. The number of hydrogen-bond donors (Lipinski definition) is 3. The van der Waals surface area contributed by atoms with Crippen LogP contribution in [-0.2, 0) is 11.2 Å².